The van der Waals surface area contributed by atoms with Crippen LogP contribution in [-0.4, -0.2) is 45.5 Å². The molecule has 7 nitrogen and oxygen atoms in total. The number of carbonyl (C=O) groups is 1. The minimum absolute atomic E-state index is 0.0617. The largest absolute Gasteiger partial charge is 0.508 e. The minimum atomic E-state index is -1.15. The molecule has 33 heavy (non-hydrogen) atoms. The minimum Gasteiger partial charge on any atom is -0.508 e. The Morgan fingerprint density at radius 1 is 1.06 bits per heavy atom. The van der Waals surface area contributed by atoms with Gasteiger partial charge in [0.1, 0.15) is 52.0 Å². The normalized spacial score (nSPS) is 22.2. The molecule has 0 saturated carbocycles. The van der Waals surface area contributed by atoms with E-state index in [0.29, 0.717) is 11.1 Å². The first-order valence-corrected chi connectivity index (χ1v) is 10.7. The number of phenolic OH excluding ortho intramolecular Hbond substituents is 2. The highest BCUT2D eigenvalue weighted by molar-refractivity contribution is 6.12. The van der Waals surface area contributed by atoms with E-state index in [1.165, 1.54) is 25.3 Å². The maximum Gasteiger partial charge on any atom is 0.193 e. The molecule has 0 spiro atoms. The summed E-state index contributed by atoms with van der Waals surface area (Å²) in [7, 11) is 1.48. The summed E-state index contributed by atoms with van der Waals surface area (Å²) in [6.07, 6.45) is 4.46. The van der Waals surface area contributed by atoms with Crippen LogP contribution in [0.15, 0.2) is 36.4 Å². The summed E-state index contributed by atoms with van der Waals surface area (Å²) in [5.41, 5.74) is -0.476. The lowest BCUT2D eigenvalue weighted by molar-refractivity contribution is -0.130. The standard InChI is InChI=1S/C26H28O7/c1-25(2)13-12-16-20(29)18(17(28)11-8-14-6-9-15(27)10-7-14)23-19(22(16)32-25)21(30)24(31-5)26(3,4)33-23/h6-13,21,24,27,29-30H,1-5H3/t21-,24+/m0/s1. The smallest absolute Gasteiger partial charge is 0.193 e. The molecule has 0 saturated heterocycles. The van der Waals surface area contributed by atoms with Crippen LogP contribution < -0.4 is 9.47 Å². The van der Waals surface area contributed by atoms with Crippen LogP contribution >= 0.6 is 0 Å². The molecule has 0 aliphatic carbocycles. The van der Waals surface area contributed by atoms with Gasteiger partial charge in [0.2, 0.25) is 0 Å². The molecule has 0 radical (unpaired) electrons. The third-order valence-electron chi connectivity index (χ3n) is 5.92. The van der Waals surface area contributed by atoms with Crippen LogP contribution in [0.1, 0.15) is 60.8 Å². The monoisotopic (exact) mass is 452 g/mol. The molecular weight excluding hydrogens is 424 g/mol. The van der Waals surface area contributed by atoms with Gasteiger partial charge in [-0.05, 0) is 63.6 Å². The van der Waals surface area contributed by atoms with Gasteiger partial charge in [0.25, 0.3) is 0 Å². The van der Waals surface area contributed by atoms with E-state index in [-0.39, 0.29) is 34.1 Å². The van der Waals surface area contributed by atoms with Crippen molar-refractivity contribution in [2.75, 3.05) is 7.11 Å². The average molecular weight is 453 g/mol. The molecule has 3 N–H and O–H groups in total. The Balaban J connectivity index is 1.90. The van der Waals surface area contributed by atoms with Crippen molar-refractivity contribution in [1.82, 2.24) is 0 Å². The van der Waals surface area contributed by atoms with Crippen molar-refractivity contribution in [3.63, 3.8) is 0 Å². The van der Waals surface area contributed by atoms with Gasteiger partial charge in [0.15, 0.2) is 5.78 Å². The number of benzene rings is 2. The highest BCUT2D eigenvalue weighted by Crippen LogP contribution is 2.54. The SMILES string of the molecule is CO[C@@H]1[C@@H](O)c2c3c(c(O)c(C(=O)C=Cc4ccc(O)cc4)c2OC1(C)C)C=CC(C)(C)O3. The molecule has 4 rings (SSSR count). The second kappa shape index (κ2) is 7.93. The van der Waals surface area contributed by atoms with Crippen molar-refractivity contribution in [3.8, 4) is 23.0 Å². The summed E-state index contributed by atoms with van der Waals surface area (Å²) in [5, 5.41) is 31.9. The van der Waals surface area contributed by atoms with Gasteiger partial charge in [-0.2, -0.15) is 0 Å². The number of hydrogen-bond acceptors (Lipinski definition) is 7. The second-order valence-corrected chi connectivity index (χ2v) is 9.34. The Hall–Kier alpha value is -3.29. The fraction of sp³-hybridized carbons (Fsp3) is 0.346. The Bertz CT molecular complexity index is 1160. The molecule has 0 fully saturated rings. The Kier molecular flexibility index (Phi) is 5.50. The zero-order valence-electron chi connectivity index (χ0n) is 19.2. The summed E-state index contributed by atoms with van der Waals surface area (Å²) in [6.45, 7) is 7.19. The van der Waals surface area contributed by atoms with E-state index in [1.54, 1.807) is 44.2 Å². The summed E-state index contributed by atoms with van der Waals surface area (Å²) >= 11 is 0. The van der Waals surface area contributed by atoms with Crippen molar-refractivity contribution in [2.24, 2.45) is 0 Å². The van der Waals surface area contributed by atoms with Gasteiger partial charge < -0.3 is 29.5 Å². The van der Waals surface area contributed by atoms with Gasteiger partial charge in [0, 0.05) is 7.11 Å². The maximum atomic E-state index is 13.3. The number of rotatable bonds is 4. The lowest BCUT2D eigenvalue weighted by Gasteiger charge is -2.44. The number of ether oxygens (including phenoxy) is 3. The van der Waals surface area contributed by atoms with Gasteiger partial charge >= 0.3 is 0 Å². The Labute approximate surface area is 192 Å². The van der Waals surface area contributed by atoms with Crippen molar-refractivity contribution in [3.05, 3.63) is 58.7 Å². The first kappa shape index (κ1) is 22.9. The average Bonchev–Trinajstić information content (AvgIpc) is 2.72. The highest BCUT2D eigenvalue weighted by Gasteiger charge is 2.48. The highest BCUT2D eigenvalue weighted by atomic mass is 16.6. The molecule has 2 aliphatic heterocycles. The van der Waals surface area contributed by atoms with Crippen molar-refractivity contribution >= 4 is 17.9 Å². The number of methoxy groups -OCH3 is 1. The molecule has 2 atom stereocenters. The van der Waals surface area contributed by atoms with Gasteiger partial charge in [-0.3, -0.25) is 4.79 Å². The molecule has 174 valence electrons. The number of aromatic hydroxyl groups is 2. The van der Waals surface area contributed by atoms with Crippen LogP contribution in [0.3, 0.4) is 0 Å². The molecule has 2 aromatic carbocycles. The molecule has 0 aromatic heterocycles. The van der Waals surface area contributed by atoms with Crippen LogP contribution in [0.4, 0.5) is 0 Å². The summed E-state index contributed by atoms with van der Waals surface area (Å²) in [4.78, 5) is 13.3. The maximum absolute atomic E-state index is 13.3. The molecule has 2 heterocycles. The summed E-state index contributed by atoms with van der Waals surface area (Å²) < 4.78 is 17.8. The number of aliphatic hydroxyl groups is 1. The number of carbonyl (C=O) groups excluding carboxylic acids is 1. The van der Waals surface area contributed by atoms with E-state index in [1.807, 2.05) is 13.8 Å². The van der Waals surface area contributed by atoms with Crippen LogP contribution in [0.5, 0.6) is 23.0 Å². The lowest BCUT2D eigenvalue weighted by atomic mass is 9.83. The number of ketones is 1. The molecule has 7 heteroatoms. The molecule has 2 aromatic rings. The van der Waals surface area contributed by atoms with Crippen molar-refractivity contribution in [1.29, 1.82) is 0 Å². The number of allylic oxidation sites excluding steroid dienone is 1. The molecule has 0 bridgehead atoms. The predicted molar refractivity (Wildman–Crippen MR) is 124 cm³/mol. The number of hydrogen-bond donors (Lipinski definition) is 3. The van der Waals surface area contributed by atoms with E-state index in [2.05, 4.69) is 0 Å². The number of aliphatic hydroxyl groups excluding tert-OH is 1. The molecule has 0 unspecified atom stereocenters. The van der Waals surface area contributed by atoms with Gasteiger partial charge in [-0.15, -0.1) is 0 Å². The Morgan fingerprint density at radius 3 is 2.36 bits per heavy atom. The van der Waals surface area contributed by atoms with Crippen molar-refractivity contribution in [2.45, 2.75) is 51.1 Å². The molecule has 0 amide bonds. The fourth-order valence-corrected chi connectivity index (χ4v) is 4.29. The lowest BCUT2D eigenvalue weighted by Crippen LogP contribution is -2.50. The van der Waals surface area contributed by atoms with Crippen molar-refractivity contribution < 1.29 is 34.3 Å². The van der Waals surface area contributed by atoms with Crippen LogP contribution in [-0.2, 0) is 4.74 Å². The third-order valence-corrected chi connectivity index (χ3v) is 5.92. The second-order valence-electron chi connectivity index (χ2n) is 9.34. The van der Waals surface area contributed by atoms with Crippen LogP contribution in [0.2, 0.25) is 0 Å². The van der Waals surface area contributed by atoms with Gasteiger partial charge in [0.05, 0.1) is 11.1 Å². The summed E-state index contributed by atoms with van der Waals surface area (Å²) in [5.74, 6) is -0.332. The molecule has 2 aliphatic rings. The number of fused-ring (bicyclic) bond motifs is 3. The topological polar surface area (TPSA) is 105 Å². The van der Waals surface area contributed by atoms with Gasteiger partial charge in [-0.25, -0.2) is 0 Å². The summed E-state index contributed by atoms with van der Waals surface area (Å²) in [6, 6.07) is 6.34. The van der Waals surface area contributed by atoms with E-state index in [9.17, 15) is 20.1 Å². The Morgan fingerprint density at radius 2 is 1.73 bits per heavy atom. The molecular formula is C26H28O7. The zero-order valence-corrected chi connectivity index (χ0v) is 19.2. The van der Waals surface area contributed by atoms with E-state index in [0.717, 1.165) is 0 Å². The van der Waals surface area contributed by atoms with E-state index < -0.39 is 29.2 Å². The first-order chi connectivity index (χ1) is 15.4. The van der Waals surface area contributed by atoms with E-state index >= 15 is 0 Å². The van der Waals surface area contributed by atoms with Crippen LogP contribution in [0.25, 0.3) is 12.2 Å². The zero-order chi connectivity index (χ0) is 24.1. The van der Waals surface area contributed by atoms with E-state index in [4.69, 9.17) is 14.2 Å². The predicted octanol–water partition coefficient (Wildman–Crippen LogP) is 4.40. The quantitative estimate of drug-likeness (QED) is 0.466. The number of phenols is 2. The first-order valence-electron chi connectivity index (χ1n) is 10.7. The van der Waals surface area contributed by atoms with Gasteiger partial charge in [-0.1, -0.05) is 18.2 Å². The fourth-order valence-electron chi connectivity index (χ4n) is 4.29. The van der Waals surface area contributed by atoms with Crippen LogP contribution in [0, 0.1) is 0 Å². The third kappa shape index (κ3) is 3.98.